The maximum Gasteiger partial charge on any atom is 0.274 e. The zero-order valence-corrected chi connectivity index (χ0v) is 20.4. The average Bonchev–Trinajstić information content (AvgIpc) is 3.03. The summed E-state index contributed by atoms with van der Waals surface area (Å²) in [5, 5.41) is 2.20. The minimum absolute atomic E-state index is 0.133. The molecule has 1 amide bonds. The second kappa shape index (κ2) is 9.68. The zero-order valence-electron chi connectivity index (χ0n) is 20.4. The van der Waals surface area contributed by atoms with Crippen LogP contribution in [0.5, 0.6) is 0 Å². The molecule has 1 aromatic heterocycles. The highest BCUT2D eigenvalue weighted by Gasteiger charge is 2.39. The monoisotopic (exact) mass is 473 g/mol. The molecule has 1 aliphatic carbocycles. The molecule has 0 atom stereocenters. The molecule has 1 aliphatic heterocycles. The lowest BCUT2D eigenvalue weighted by molar-refractivity contribution is 0.0206. The number of amides is 1. The van der Waals surface area contributed by atoms with Crippen molar-refractivity contribution in [2.45, 2.75) is 31.8 Å². The standard InChI is InChI=1S/C28H31N3O4/c1-19-25(32)14-15-30-26(19)28(33)29(22(16-34-2)17-35-3)18-31(30)27-23-10-6-4-8-20(23)12-13-21-9-5-7-11-24(21)27/h4-11,14-15,22,27H,12-13,16-18H2,1-3H3. The number of hydrogen-bond donors (Lipinski definition) is 0. The third-order valence-corrected chi connectivity index (χ3v) is 7.18. The highest BCUT2D eigenvalue weighted by Crippen LogP contribution is 2.37. The topological polar surface area (TPSA) is 64.0 Å². The number of methoxy groups -OCH3 is 2. The number of pyridine rings is 1. The van der Waals surface area contributed by atoms with Crippen LogP contribution in [0.25, 0.3) is 0 Å². The van der Waals surface area contributed by atoms with E-state index >= 15 is 0 Å². The van der Waals surface area contributed by atoms with Crippen molar-refractivity contribution in [2.24, 2.45) is 0 Å². The van der Waals surface area contributed by atoms with E-state index in [1.165, 1.54) is 22.3 Å². The van der Waals surface area contributed by atoms with Crippen LogP contribution in [-0.2, 0) is 22.3 Å². The number of benzene rings is 2. The number of ether oxygens (including phenoxy) is 2. The Balaban J connectivity index is 1.74. The first-order valence-electron chi connectivity index (χ1n) is 12.0. The fourth-order valence-electron chi connectivity index (χ4n) is 5.44. The predicted octanol–water partition coefficient (Wildman–Crippen LogP) is 3.06. The van der Waals surface area contributed by atoms with Gasteiger partial charge in [-0.25, -0.2) is 0 Å². The molecule has 0 radical (unpaired) electrons. The summed E-state index contributed by atoms with van der Waals surface area (Å²) in [7, 11) is 3.24. The van der Waals surface area contributed by atoms with Crippen LogP contribution in [0.15, 0.2) is 65.6 Å². The van der Waals surface area contributed by atoms with E-state index in [0.717, 1.165) is 12.8 Å². The molecule has 3 aromatic rings. The molecule has 0 saturated carbocycles. The van der Waals surface area contributed by atoms with Gasteiger partial charge in [0.2, 0.25) is 0 Å². The molecular weight excluding hydrogens is 442 g/mol. The summed E-state index contributed by atoms with van der Waals surface area (Å²) in [4.78, 5) is 28.2. The van der Waals surface area contributed by atoms with Crippen LogP contribution in [0, 0.1) is 6.92 Å². The normalized spacial score (nSPS) is 15.6. The van der Waals surface area contributed by atoms with Crippen LogP contribution in [-0.4, -0.2) is 55.6 Å². The van der Waals surface area contributed by atoms with Crippen LogP contribution in [0.1, 0.15) is 44.3 Å². The van der Waals surface area contributed by atoms with Crippen molar-refractivity contribution in [3.05, 3.63) is 105 Å². The van der Waals surface area contributed by atoms with Gasteiger partial charge in [0.25, 0.3) is 5.91 Å². The molecule has 2 aliphatic rings. The Labute approximate surface area is 205 Å². The number of fused-ring (bicyclic) bond motifs is 3. The van der Waals surface area contributed by atoms with Gasteiger partial charge in [-0.2, -0.15) is 0 Å². The Morgan fingerprint density at radius 3 is 2.03 bits per heavy atom. The lowest BCUT2D eigenvalue weighted by atomic mass is 9.94. The molecule has 0 spiro atoms. The molecule has 35 heavy (non-hydrogen) atoms. The first-order valence-corrected chi connectivity index (χ1v) is 12.0. The van der Waals surface area contributed by atoms with Crippen molar-refractivity contribution < 1.29 is 14.3 Å². The summed E-state index contributed by atoms with van der Waals surface area (Å²) < 4.78 is 12.8. The minimum Gasteiger partial charge on any atom is -0.382 e. The van der Waals surface area contributed by atoms with Crippen molar-refractivity contribution in [1.29, 1.82) is 0 Å². The first kappa shape index (κ1) is 23.3. The van der Waals surface area contributed by atoms with Gasteiger partial charge in [0, 0.05) is 32.0 Å². The molecule has 2 heterocycles. The first-order chi connectivity index (χ1) is 17.0. The van der Waals surface area contributed by atoms with E-state index in [0.29, 0.717) is 31.1 Å². The summed E-state index contributed by atoms with van der Waals surface area (Å²) in [5.41, 5.74) is 5.69. The quantitative estimate of drug-likeness (QED) is 0.551. The smallest absolute Gasteiger partial charge is 0.274 e. The molecule has 0 unspecified atom stereocenters. The fourth-order valence-corrected chi connectivity index (χ4v) is 5.44. The van der Waals surface area contributed by atoms with E-state index in [-0.39, 0.29) is 23.4 Å². The molecule has 182 valence electrons. The summed E-state index contributed by atoms with van der Waals surface area (Å²) in [6.45, 7) is 2.73. The molecule has 0 fully saturated rings. The number of nitrogens with zero attached hydrogens (tertiary/aromatic N) is 3. The van der Waals surface area contributed by atoms with E-state index in [1.54, 1.807) is 38.3 Å². The van der Waals surface area contributed by atoms with Gasteiger partial charge in [0.1, 0.15) is 12.4 Å². The van der Waals surface area contributed by atoms with Crippen molar-refractivity contribution >= 4 is 5.91 Å². The van der Waals surface area contributed by atoms with Crippen molar-refractivity contribution in [2.75, 3.05) is 39.1 Å². The number of carbonyl (C=O) groups excluding carboxylic acids is 1. The summed E-state index contributed by atoms with van der Waals surface area (Å²) in [6, 6.07) is 18.2. The second-order valence-corrected chi connectivity index (χ2v) is 9.22. The van der Waals surface area contributed by atoms with Gasteiger partial charge in [-0.05, 0) is 42.0 Å². The van der Waals surface area contributed by atoms with E-state index in [1.807, 2.05) is 4.68 Å². The molecule has 7 nitrogen and oxygen atoms in total. The molecule has 0 saturated heterocycles. The van der Waals surface area contributed by atoms with E-state index in [4.69, 9.17) is 9.47 Å². The molecule has 0 bridgehead atoms. The Hall–Kier alpha value is -3.42. The van der Waals surface area contributed by atoms with Crippen LogP contribution in [0.3, 0.4) is 0 Å². The highest BCUT2D eigenvalue weighted by atomic mass is 16.5. The van der Waals surface area contributed by atoms with Crippen LogP contribution < -0.4 is 10.4 Å². The molecule has 2 aromatic carbocycles. The van der Waals surface area contributed by atoms with Gasteiger partial charge in [0.05, 0.1) is 25.3 Å². The van der Waals surface area contributed by atoms with Crippen LogP contribution in [0.2, 0.25) is 0 Å². The third-order valence-electron chi connectivity index (χ3n) is 7.18. The van der Waals surface area contributed by atoms with Gasteiger partial charge in [-0.1, -0.05) is 48.5 Å². The lowest BCUT2D eigenvalue weighted by Crippen LogP contribution is -2.60. The number of rotatable bonds is 6. The summed E-state index contributed by atoms with van der Waals surface area (Å²) in [5.74, 6) is -0.189. The van der Waals surface area contributed by atoms with Gasteiger partial charge in [-0.15, -0.1) is 0 Å². The Kier molecular flexibility index (Phi) is 6.45. The average molecular weight is 474 g/mol. The maximum absolute atomic E-state index is 13.8. The fraction of sp³-hybridized carbons (Fsp3) is 0.357. The van der Waals surface area contributed by atoms with Gasteiger partial charge < -0.3 is 14.4 Å². The van der Waals surface area contributed by atoms with E-state index in [2.05, 4.69) is 53.5 Å². The highest BCUT2D eigenvalue weighted by molar-refractivity contribution is 5.95. The molecule has 5 rings (SSSR count). The third kappa shape index (κ3) is 4.05. The van der Waals surface area contributed by atoms with E-state index in [9.17, 15) is 9.59 Å². The van der Waals surface area contributed by atoms with Crippen molar-refractivity contribution in [3.8, 4) is 0 Å². The SMILES string of the molecule is COCC(COC)N1CN(C2c3ccccc3CCc3ccccc32)n2ccc(=O)c(C)c2C1=O. The number of carbonyl (C=O) groups is 1. The molecular formula is C28H31N3O4. The van der Waals surface area contributed by atoms with Crippen molar-refractivity contribution in [1.82, 2.24) is 9.58 Å². The summed E-state index contributed by atoms with van der Waals surface area (Å²) in [6.07, 6.45) is 3.63. The van der Waals surface area contributed by atoms with Crippen LogP contribution in [0.4, 0.5) is 0 Å². The number of aromatic nitrogens is 1. The Morgan fingerprint density at radius 2 is 1.46 bits per heavy atom. The lowest BCUT2D eigenvalue weighted by Gasteiger charge is -2.46. The predicted molar refractivity (Wildman–Crippen MR) is 134 cm³/mol. The Bertz CT molecular complexity index is 1250. The van der Waals surface area contributed by atoms with Gasteiger partial charge >= 0.3 is 0 Å². The van der Waals surface area contributed by atoms with Gasteiger partial charge in [-0.3, -0.25) is 19.3 Å². The maximum atomic E-state index is 13.8. The zero-order chi connectivity index (χ0) is 24.5. The largest absolute Gasteiger partial charge is 0.382 e. The second-order valence-electron chi connectivity index (χ2n) is 9.22. The summed E-state index contributed by atoms with van der Waals surface area (Å²) >= 11 is 0. The van der Waals surface area contributed by atoms with E-state index < -0.39 is 0 Å². The number of hydrogen-bond acceptors (Lipinski definition) is 5. The van der Waals surface area contributed by atoms with Gasteiger partial charge in [0.15, 0.2) is 5.43 Å². The van der Waals surface area contributed by atoms with Crippen molar-refractivity contribution in [3.63, 3.8) is 0 Å². The molecule has 7 heteroatoms. The van der Waals surface area contributed by atoms with Crippen LogP contribution >= 0.6 is 0 Å². The Morgan fingerprint density at radius 1 is 0.886 bits per heavy atom. The number of aryl methyl sites for hydroxylation is 2. The molecule has 0 N–H and O–H groups in total. The minimum atomic E-state index is -0.292.